The van der Waals surface area contributed by atoms with E-state index in [1.807, 2.05) is 24.3 Å². The normalized spacial score (nSPS) is 12.6. The Morgan fingerprint density at radius 1 is 1.04 bits per heavy atom. The van der Waals surface area contributed by atoms with Crippen molar-refractivity contribution in [1.29, 1.82) is 0 Å². The van der Waals surface area contributed by atoms with Crippen molar-refractivity contribution in [2.45, 2.75) is 6.42 Å². The SMILES string of the molecule is O=C(CNc1ccc2c(c1)OCCO2)NCCc1ccc(Cl)cc1Cl. The third-order valence-corrected chi connectivity index (χ3v) is 4.31. The molecule has 0 bridgehead atoms. The predicted molar refractivity (Wildman–Crippen MR) is 99.1 cm³/mol. The number of hydrogen-bond acceptors (Lipinski definition) is 4. The van der Waals surface area contributed by atoms with Gasteiger partial charge in [-0.3, -0.25) is 4.79 Å². The molecule has 3 rings (SSSR count). The van der Waals surface area contributed by atoms with E-state index in [1.54, 1.807) is 12.1 Å². The lowest BCUT2D eigenvalue weighted by Crippen LogP contribution is -2.31. The van der Waals surface area contributed by atoms with Crippen LogP contribution in [0.15, 0.2) is 36.4 Å². The molecule has 0 atom stereocenters. The number of ether oxygens (including phenoxy) is 2. The Kier molecular flexibility index (Phi) is 5.89. The van der Waals surface area contributed by atoms with E-state index in [0.717, 1.165) is 17.0 Å². The quantitative estimate of drug-likeness (QED) is 0.804. The van der Waals surface area contributed by atoms with Gasteiger partial charge in [0, 0.05) is 28.3 Å². The maximum absolute atomic E-state index is 12.0. The minimum atomic E-state index is -0.0972. The molecule has 0 radical (unpaired) electrons. The van der Waals surface area contributed by atoms with Crippen molar-refractivity contribution in [3.63, 3.8) is 0 Å². The minimum Gasteiger partial charge on any atom is -0.486 e. The molecule has 0 fully saturated rings. The van der Waals surface area contributed by atoms with Crippen LogP contribution in [0.1, 0.15) is 5.56 Å². The number of carbonyl (C=O) groups excluding carboxylic acids is 1. The smallest absolute Gasteiger partial charge is 0.239 e. The molecule has 5 nitrogen and oxygen atoms in total. The number of hydrogen-bond donors (Lipinski definition) is 2. The van der Waals surface area contributed by atoms with Gasteiger partial charge in [-0.1, -0.05) is 29.3 Å². The van der Waals surface area contributed by atoms with Crippen LogP contribution in [-0.2, 0) is 11.2 Å². The summed E-state index contributed by atoms with van der Waals surface area (Å²) in [5.74, 6) is 1.31. The van der Waals surface area contributed by atoms with Crippen LogP contribution >= 0.6 is 23.2 Å². The highest BCUT2D eigenvalue weighted by Crippen LogP contribution is 2.32. The average Bonchev–Trinajstić information content (AvgIpc) is 2.61. The fraction of sp³-hybridized carbons (Fsp3) is 0.278. The second-order valence-corrected chi connectivity index (χ2v) is 6.39. The first kappa shape index (κ1) is 17.7. The molecule has 0 unspecified atom stereocenters. The third kappa shape index (κ3) is 4.94. The number of halogens is 2. The van der Waals surface area contributed by atoms with Gasteiger partial charge in [0.25, 0.3) is 0 Å². The number of nitrogens with one attached hydrogen (secondary N) is 2. The van der Waals surface area contributed by atoms with Gasteiger partial charge in [-0.05, 0) is 36.2 Å². The van der Waals surface area contributed by atoms with E-state index < -0.39 is 0 Å². The Morgan fingerprint density at radius 3 is 2.64 bits per heavy atom. The molecule has 1 aliphatic heterocycles. The van der Waals surface area contributed by atoms with Crippen molar-refractivity contribution >= 4 is 34.8 Å². The van der Waals surface area contributed by atoms with Gasteiger partial charge in [0.15, 0.2) is 11.5 Å². The number of anilines is 1. The van der Waals surface area contributed by atoms with Gasteiger partial charge in [-0.2, -0.15) is 0 Å². The molecular formula is C18H18Cl2N2O3. The average molecular weight is 381 g/mol. The van der Waals surface area contributed by atoms with Crippen LogP contribution in [0.5, 0.6) is 11.5 Å². The third-order valence-electron chi connectivity index (χ3n) is 3.73. The van der Waals surface area contributed by atoms with Crippen molar-refractivity contribution in [3.05, 3.63) is 52.0 Å². The van der Waals surface area contributed by atoms with Gasteiger partial charge in [-0.15, -0.1) is 0 Å². The Hall–Kier alpha value is -2.11. The molecule has 2 aromatic carbocycles. The van der Waals surface area contributed by atoms with E-state index in [2.05, 4.69) is 10.6 Å². The molecule has 0 aliphatic carbocycles. The van der Waals surface area contributed by atoms with Gasteiger partial charge < -0.3 is 20.1 Å². The summed E-state index contributed by atoms with van der Waals surface area (Å²) in [4.78, 5) is 12.0. The summed E-state index contributed by atoms with van der Waals surface area (Å²) >= 11 is 12.0. The van der Waals surface area contributed by atoms with Gasteiger partial charge in [0.05, 0.1) is 6.54 Å². The van der Waals surface area contributed by atoms with Crippen LogP contribution in [0.25, 0.3) is 0 Å². The van der Waals surface area contributed by atoms with Gasteiger partial charge in [0.2, 0.25) is 5.91 Å². The molecule has 0 spiro atoms. The molecule has 25 heavy (non-hydrogen) atoms. The van der Waals surface area contributed by atoms with Gasteiger partial charge >= 0.3 is 0 Å². The summed E-state index contributed by atoms with van der Waals surface area (Å²) in [5.41, 5.74) is 1.76. The summed E-state index contributed by atoms with van der Waals surface area (Å²) in [5, 5.41) is 7.13. The predicted octanol–water partition coefficient (Wildman–Crippen LogP) is 3.54. The Labute approximate surface area is 156 Å². The van der Waals surface area contributed by atoms with Crippen LogP contribution in [0, 0.1) is 0 Å². The highest BCUT2D eigenvalue weighted by Gasteiger charge is 2.12. The highest BCUT2D eigenvalue weighted by molar-refractivity contribution is 6.35. The first-order valence-electron chi connectivity index (χ1n) is 7.96. The fourth-order valence-corrected chi connectivity index (χ4v) is 2.96. The lowest BCUT2D eigenvalue weighted by Gasteiger charge is -2.19. The topological polar surface area (TPSA) is 59.6 Å². The van der Waals surface area contributed by atoms with Crippen molar-refractivity contribution in [3.8, 4) is 11.5 Å². The van der Waals surface area contributed by atoms with Crippen molar-refractivity contribution in [1.82, 2.24) is 5.32 Å². The molecular weight excluding hydrogens is 363 g/mol. The second-order valence-electron chi connectivity index (χ2n) is 5.55. The number of benzene rings is 2. The Balaban J connectivity index is 1.43. The van der Waals surface area contributed by atoms with Crippen LogP contribution in [0.2, 0.25) is 10.0 Å². The zero-order chi connectivity index (χ0) is 17.6. The van der Waals surface area contributed by atoms with Crippen LogP contribution in [0.4, 0.5) is 5.69 Å². The van der Waals surface area contributed by atoms with Crippen LogP contribution in [0.3, 0.4) is 0 Å². The number of amides is 1. The lowest BCUT2D eigenvalue weighted by atomic mass is 10.1. The van der Waals surface area contributed by atoms with Crippen molar-refractivity contribution in [2.24, 2.45) is 0 Å². The van der Waals surface area contributed by atoms with Gasteiger partial charge in [0.1, 0.15) is 13.2 Å². The molecule has 0 saturated carbocycles. The summed E-state index contributed by atoms with van der Waals surface area (Å²) < 4.78 is 11.0. The van der Waals surface area contributed by atoms with Gasteiger partial charge in [-0.25, -0.2) is 0 Å². The summed E-state index contributed by atoms with van der Waals surface area (Å²) in [7, 11) is 0. The molecule has 1 amide bonds. The van der Waals surface area contributed by atoms with E-state index >= 15 is 0 Å². The maximum Gasteiger partial charge on any atom is 0.239 e. The lowest BCUT2D eigenvalue weighted by molar-refractivity contribution is -0.119. The van der Waals surface area contributed by atoms with E-state index in [9.17, 15) is 4.79 Å². The molecule has 7 heteroatoms. The Morgan fingerprint density at radius 2 is 1.84 bits per heavy atom. The number of carbonyl (C=O) groups is 1. The maximum atomic E-state index is 12.0. The highest BCUT2D eigenvalue weighted by atomic mass is 35.5. The summed E-state index contributed by atoms with van der Waals surface area (Å²) in [6, 6.07) is 10.9. The van der Waals surface area contributed by atoms with E-state index in [-0.39, 0.29) is 12.5 Å². The van der Waals surface area contributed by atoms with Crippen LogP contribution in [-0.4, -0.2) is 32.2 Å². The standard InChI is InChI=1S/C18H18Cl2N2O3/c19-13-2-1-12(15(20)9-13)5-6-21-18(23)11-22-14-3-4-16-17(10-14)25-8-7-24-16/h1-4,9-10,22H,5-8,11H2,(H,21,23). The number of fused-ring (bicyclic) bond motifs is 1. The summed E-state index contributed by atoms with van der Waals surface area (Å²) in [6.45, 7) is 1.76. The zero-order valence-electron chi connectivity index (χ0n) is 13.5. The van der Waals surface area contributed by atoms with E-state index in [4.69, 9.17) is 32.7 Å². The molecule has 2 aromatic rings. The molecule has 132 valence electrons. The second kappa shape index (κ2) is 8.32. The number of rotatable bonds is 6. The van der Waals surface area contributed by atoms with E-state index in [0.29, 0.717) is 42.0 Å². The minimum absolute atomic E-state index is 0.0972. The first-order chi connectivity index (χ1) is 12.1. The van der Waals surface area contributed by atoms with Crippen molar-refractivity contribution < 1.29 is 14.3 Å². The monoisotopic (exact) mass is 380 g/mol. The first-order valence-corrected chi connectivity index (χ1v) is 8.71. The zero-order valence-corrected chi connectivity index (χ0v) is 15.0. The fourth-order valence-electron chi connectivity index (χ4n) is 2.46. The summed E-state index contributed by atoms with van der Waals surface area (Å²) in [6.07, 6.45) is 0.645. The van der Waals surface area contributed by atoms with Crippen LogP contribution < -0.4 is 20.1 Å². The molecule has 0 saturated heterocycles. The molecule has 2 N–H and O–H groups in total. The largest absolute Gasteiger partial charge is 0.486 e. The van der Waals surface area contributed by atoms with Crippen molar-refractivity contribution in [2.75, 3.05) is 31.6 Å². The Bertz CT molecular complexity index is 768. The molecule has 1 heterocycles. The molecule has 1 aliphatic rings. The van der Waals surface area contributed by atoms with E-state index in [1.165, 1.54) is 0 Å². The molecule has 0 aromatic heterocycles.